The Morgan fingerprint density at radius 2 is 1.97 bits per heavy atom. The average molecular weight is 468 g/mol. The fourth-order valence-corrected chi connectivity index (χ4v) is 5.02. The Balaban J connectivity index is 1.45. The Kier molecular flexibility index (Phi) is 7.33. The lowest BCUT2D eigenvalue weighted by molar-refractivity contribution is -0.145. The number of carbonyl (C=O) groups excluding carboxylic acids is 1. The molecule has 1 spiro atoms. The number of methoxy groups -OCH3 is 1. The minimum absolute atomic E-state index is 0.0291. The maximum Gasteiger partial charge on any atom is 0.253 e. The van der Waals surface area contributed by atoms with Crippen LogP contribution in [0.5, 0.6) is 5.75 Å². The van der Waals surface area contributed by atoms with E-state index in [-0.39, 0.29) is 23.7 Å². The molecule has 34 heavy (non-hydrogen) atoms. The number of anilines is 2. The van der Waals surface area contributed by atoms with E-state index in [0.29, 0.717) is 25.3 Å². The van der Waals surface area contributed by atoms with Gasteiger partial charge in [0.05, 0.1) is 24.4 Å². The van der Waals surface area contributed by atoms with Gasteiger partial charge in [-0.3, -0.25) is 4.79 Å². The number of ether oxygens (including phenoxy) is 3. The van der Waals surface area contributed by atoms with E-state index in [2.05, 4.69) is 11.0 Å². The quantitative estimate of drug-likeness (QED) is 0.650. The van der Waals surface area contributed by atoms with E-state index in [1.807, 2.05) is 62.1 Å². The Morgan fingerprint density at radius 3 is 2.62 bits per heavy atom. The lowest BCUT2D eigenvalue weighted by atomic mass is 9.88. The van der Waals surface area contributed by atoms with Crippen LogP contribution in [0.4, 0.5) is 11.4 Å². The van der Waals surface area contributed by atoms with Gasteiger partial charge in [-0.1, -0.05) is 6.07 Å². The van der Waals surface area contributed by atoms with Gasteiger partial charge in [-0.25, -0.2) is 0 Å². The van der Waals surface area contributed by atoms with Crippen LogP contribution in [-0.4, -0.2) is 68.5 Å². The summed E-state index contributed by atoms with van der Waals surface area (Å²) < 4.78 is 17.8. The van der Waals surface area contributed by atoms with Gasteiger partial charge in [-0.05, 0) is 75.6 Å². The second-order valence-electron chi connectivity index (χ2n) is 9.79. The van der Waals surface area contributed by atoms with Crippen LogP contribution in [0, 0.1) is 6.92 Å². The van der Waals surface area contributed by atoms with Crippen molar-refractivity contribution in [3.05, 3.63) is 53.6 Å². The fourth-order valence-electron chi connectivity index (χ4n) is 5.02. The molecule has 184 valence electrons. The summed E-state index contributed by atoms with van der Waals surface area (Å²) in [4.78, 5) is 17.5. The van der Waals surface area contributed by atoms with E-state index >= 15 is 0 Å². The van der Waals surface area contributed by atoms with Gasteiger partial charge in [0.15, 0.2) is 0 Å². The van der Waals surface area contributed by atoms with Crippen molar-refractivity contribution in [3.63, 3.8) is 0 Å². The largest absolute Gasteiger partial charge is 0.491 e. The van der Waals surface area contributed by atoms with Gasteiger partial charge in [0.25, 0.3) is 5.91 Å². The predicted molar refractivity (Wildman–Crippen MR) is 135 cm³/mol. The molecular weight excluding hydrogens is 430 g/mol. The zero-order valence-corrected chi connectivity index (χ0v) is 20.8. The van der Waals surface area contributed by atoms with Crippen molar-refractivity contribution in [1.29, 1.82) is 0 Å². The highest BCUT2D eigenvalue weighted by Gasteiger charge is 2.44. The molecular formula is C27H37N3O4. The molecule has 0 aliphatic carbocycles. The number of carbonyl (C=O) groups is 1. The molecule has 2 N–H and O–H groups in total. The maximum atomic E-state index is 13.2. The van der Waals surface area contributed by atoms with Crippen molar-refractivity contribution in [2.75, 3.05) is 50.5 Å². The molecule has 1 unspecified atom stereocenters. The molecule has 2 saturated heterocycles. The minimum atomic E-state index is -0.312. The van der Waals surface area contributed by atoms with E-state index in [9.17, 15) is 4.79 Å². The number of hydrogen-bond donors (Lipinski definition) is 1. The zero-order chi connectivity index (χ0) is 24.3. The summed E-state index contributed by atoms with van der Waals surface area (Å²) in [7, 11) is 1.70. The first-order valence-corrected chi connectivity index (χ1v) is 12.1. The minimum Gasteiger partial charge on any atom is -0.491 e. The molecule has 0 radical (unpaired) electrons. The predicted octanol–water partition coefficient (Wildman–Crippen LogP) is 3.89. The van der Waals surface area contributed by atoms with E-state index < -0.39 is 0 Å². The van der Waals surface area contributed by atoms with Gasteiger partial charge in [0.1, 0.15) is 5.75 Å². The molecule has 0 aromatic heterocycles. The third-order valence-corrected chi connectivity index (χ3v) is 6.65. The highest BCUT2D eigenvalue weighted by molar-refractivity contribution is 5.94. The molecule has 4 rings (SSSR count). The lowest BCUT2D eigenvalue weighted by Crippen LogP contribution is -2.61. The summed E-state index contributed by atoms with van der Waals surface area (Å²) in [5.74, 6) is 0.886. The molecule has 1 atom stereocenters. The molecule has 1 amide bonds. The normalized spacial score (nSPS) is 20.1. The molecule has 7 heteroatoms. The topological polar surface area (TPSA) is 77.3 Å². The monoisotopic (exact) mass is 467 g/mol. The van der Waals surface area contributed by atoms with E-state index in [1.165, 1.54) is 0 Å². The van der Waals surface area contributed by atoms with Crippen LogP contribution in [0.2, 0.25) is 0 Å². The van der Waals surface area contributed by atoms with Crippen molar-refractivity contribution in [3.8, 4) is 5.75 Å². The Morgan fingerprint density at radius 1 is 1.21 bits per heavy atom. The first-order chi connectivity index (χ1) is 16.3. The van der Waals surface area contributed by atoms with Gasteiger partial charge in [-0.15, -0.1) is 0 Å². The smallest absolute Gasteiger partial charge is 0.253 e. The summed E-state index contributed by atoms with van der Waals surface area (Å²) in [6, 6.07) is 13.7. The van der Waals surface area contributed by atoms with Crippen LogP contribution < -0.4 is 15.4 Å². The lowest BCUT2D eigenvalue weighted by Gasteiger charge is -2.50. The van der Waals surface area contributed by atoms with Crippen molar-refractivity contribution in [2.45, 2.75) is 51.4 Å². The molecule has 2 aliphatic rings. The second kappa shape index (κ2) is 10.2. The summed E-state index contributed by atoms with van der Waals surface area (Å²) in [6.07, 6.45) is 1.64. The van der Waals surface area contributed by atoms with Crippen LogP contribution in [0.15, 0.2) is 42.5 Å². The number of morpholine rings is 1. The SMILES string of the molecule is COCC1CN(c2cccc(N)c2)CC2(CCN(C(=O)c3ccc(OC(C)C)c(C)c3)CC2)O1. The zero-order valence-electron chi connectivity index (χ0n) is 20.8. The highest BCUT2D eigenvalue weighted by Crippen LogP contribution is 2.35. The fraction of sp³-hybridized carbons (Fsp3) is 0.519. The van der Waals surface area contributed by atoms with Gasteiger partial charge in [0.2, 0.25) is 0 Å². The van der Waals surface area contributed by atoms with Crippen LogP contribution >= 0.6 is 0 Å². The first-order valence-electron chi connectivity index (χ1n) is 12.1. The first kappa shape index (κ1) is 24.4. The van der Waals surface area contributed by atoms with Gasteiger partial charge >= 0.3 is 0 Å². The van der Waals surface area contributed by atoms with Gasteiger partial charge in [-0.2, -0.15) is 0 Å². The average Bonchev–Trinajstić information content (AvgIpc) is 2.80. The molecule has 2 heterocycles. The third-order valence-electron chi connectivity index (χ3n) is 6.65. The number of nitrogens with zero attached hydrogens (tertiary/aromatic N) is 2. The number of amides is 1. The van der Waals surface area contributed by atoms with Gasteiger partial charge < -0.3 is 29.7 Å². The molecule has 0 saturated carbocycles. The van der Waals surface area contributed by atoms with Crippen LogP contribution in [-0.2, 0) is 9.47 Å². The molecule has 2 aliphatic heterocycles. The number of piperidine rings is 1. The molecule has 2 aromatic carbocycles. The second-order valence-corrected chi connectivity index (χ2v) is 9.79. The maximum absolute atomic E-state index is 13.2. The molecule has 2 aromatic rings. The molecule has 7 nitrogen and oxygen atoms in total. The summed E-state index contributed by atoms with van der Waals surface area (Å²) in [5, 5.41) is 0. The summed E-state index contributed by atoms with van der Waals surface area (Å²) in [5.41, 5.74) is 9.26. The Labute approximate surface area is 202 Å². The standard InChI is InChI=1S/C27H37N3O4/c1-19(2)33-25-9-8-21(14-20(25)3)26(31)29-12-10-27(11-13-29)18-30(16-24(34-27)17-32-4)23-7-5-6-22(28)15-23/h5-9,14-15,19,24H,10-13,16-18,28H2,1-4H3. The van der Waals surface area contributed by atoms with Crippen molar-refractivity contribution in [1.82, 2.24) is 4.90 Å². The number of benzene rings is 2. The van der Waals surface area contributed by atoms with Crippen LogP contribution in [0.1, 0.15) is 42.6 Å². The Hall–Kier alpha value is -2.77. The number of likely N-dealkylation sites (tertiary alicyclic amines) is 1. The highest BCUT2D eigenvalue weighted by atomic mass is 16.5. The van der Waals surface area contributed by atoms with Crippen molar-refractivity contribution < 1.29 is 19.0 Å². The summed E-state index contributed by atoms with van der Waals surface area (Å²) >= 11 is 0. The number of hydrogen-bond acceptors (Lipinski definition) is 6. The third kappa shape index (κ3) is 5.47. The van der Waals surface area contributed by atoms with E-state index in [4.69, 9.17) is 19.9 Å². The van der Waals surface area contributed by atoms with Crippen molar-refractivity contribution >= 4 is 17.3 Å². The molecule has 2 fully saturated rings. The number of nitrogen functional groups attached to an aromatic ring is 1. The van der Waals surface area contributed by atoms with E-state index in [0.717, 1.165) is 48.6 Å². The number of nitrogens with two attached hydrogens (primary N) is 1. The van der Waals surface area contributed by atoms with Crippen LogP contribution in [0.25, 0.3) is 0 Å². The number of rotatable bonds is 6. The van der Waals surface area contributed by atoms with E-state index in [1.54, 1.807) is 7.11 Å². The Bertz CT molecular complexity index is 1000. The van der Waals surface area contributed by atoms with Gasteiger partial charge in [0, 0.05) is 50.2 Å². The van der Waals surface area contributed by atoms with Crippen LogP contribution in [0.3, 0.4) is 0 Å². The van der Waals surface area contributed by atoms with Crippen molar-refractivity contribution in [2.24, 2.45) is 0 Å². The number of aryl methyl sites for hydroxylation is 1. The molecule has 0 bridgehead atoms. The summed E-state index contributed by atoms with van der Waals surface area (Å²) in [6.45, 7) is 9.37.